The largest absolute Gasteiger partial charge is 0.459 e. The molecular weight excluding hydrogens is 390 g/mol. The van der Waals surface area contributed by atoms with E-state index in [0.717, 1.165) is 0 Å². The zero-order chi connectivity index (χ0) is 22.7. The summed E-state index contributed by atoms with van der Waals surface area (Å²) in [7, 11) is 0. The van der Waals surface area contributed by atoms with Gasteiger partial charge in [-0.05, 0) is 70.8 Å². The van der Waals surface area contributed by atoms with E-state index in [1.54, 1.807) is 26.8 Å². The van der Waals surface area contributed by atoms with E-state index in [1.807, 2.05) is 0 Å². The Kier molecular flexibility index (Phi) is 10.4. The van der Waals surface area contributed by atoms with Crippen LogP contribution in [-0.2, 0) is 25.5 Å². The van der Waals surface area contributed by atoms with Crippen molar-refractivity contribution in [3.63, 3.8) is 0 Å². The van der Waals surface area contributed by atoms with Crippen LogP contribution in [0.5, 0.6) is 11.5 Å². The van der Waals surface area contributed by atoms with E-state index >= 15 is 0 Å². The number of ether oxygens (including phenoxy) is 3. The SMILES string of the molecule is CC(C)(C)OC(=O)[C@@H](N)Cc1ccc(OC(=O)CCCN)c(OC(=O)CCCN)c1. The van der Waals surface area contributed by atoms with Gasteiger partial charge in [0.1, 0.15) is 11.6 Å². The summed E-state index contributed by atoms with van der Waals surface area (Å²) in [4.78, 5) is 36.1. The van der Waals surface area contributed by atoms with Gasteiger partial charge in [0.2, 0.25) is 0 Å². The lowest BCUT2D eigenvalue weighted by molar-refractivity contribution is -0.156. The van der Waals surface area contributed by atoms with E-state index in [-0.39, 0.29) is 30.8 Å². The molecule has 9 nitrogen and oxygen atoms in total. The van der Waals surface area contributed by atoms with Crippen molar-refractivity contribution in [3.8, 4) is 11.5 Å². The highest BCUT2D eigenvalue weighted by Crippen LogP contribution is 2.30. The fraction of sp³-hybridized carbons (Fsp3) is 0.571. The number of esters is 3. The van der Waals surface area contributed by atoms with Crippen molar-refractivity contribution in [2.75, 3.05) is 13.1 Å². The lowest BCUT2D eigenvalue weighted by atomic mass is 10.1. The van der Waals surface area contributed by atoms with Gasteiger partial charge in [0.05, 0.1) is 0 Å². The van der Waals surface area contributed by atoms with E-state index in [2.05, 4.69) is 0 Å². The maximum absolute atomic E-state index is 12.1. The minimum atomic E-state index is -0.900. The van der Waals surface area contributed by atoms with Gasteiger partial charge in [-0.2, -0.15) is 0 Å². The summed E-state index contributed by atoms with van der Waals surface area (Å²) >= 11 is 0. The Morgan fingerprint density at radius 2 is 1.47 bits per heavy atom. The lowest BCUT2D eigenvalue weighted by Gasteiger charge is -2.22. The Morgan fingerprint density at radius 3 is 1.97 bits per heavy atom. The summed E-state index contributed by atoms with van der Waals surface area (Å²) in [6, 6.07) is 3.77. The molecule has 168 valence electrons. The molecule has 0 aromatic heterocycles. The molecule has 1 atom stereocenters. The number of carbonyl (C=O) groups is 3. The van der Waals surface area contributed by atoms with Gasteiger partial charge in [-0.15, -0.1) is 0 Å². The van der Waals surface area contributed by atoms with Gasteiger partial charge < -0.3 is 31.4 Å². The third-order valence-electron chi connectivity index (χ3n) is 3.79. The van der Waals surface area contributed by atoms with Crippen LogP contribution in [0.25, 0.3) is 0 Å². The minimum absolute atomic E-state index is 0.0759. The van der Waals surface area contributed by atoms with Crippen LogP contribution >= 0.6 is 0 Å². The summed E-state index contributed by atoms with van der Waals surface area (Å²) in [6.07, 6.45) is 1.37. The van der Waals surface area contributed by atoms with Gasteiger partial charge in [0.15, 0.2) is 11.5 Å². The molecule has 1 rings (SSSR count). The van der Waals surface area contributed by atoms with Crippen LogP contribution in [0.3, 0.4) is 0 Å². The fourth-order valence-electron chi connectivity index (χ4n) is 2.40. The second kappa shape index (κ2) is 12.3. The molecule has 0 spiro atoms. The van der Waals surface area contributed by atoms with E-state index in [1.165, 1.54) is 12.1 Å². The summed E-state index contributed by atoms with van der Waals surface area (Å²) in [5.41, 5.74) is 16.7. The first kappa shape index (κ1) is 25.5. The first-order valence-electron chi connectivity index (χ1n) is 9.98. The molecule has 30 heavy (non-hydrogen) atoms. The summed E-state index contributed by atoms with van der Waals surface area (Å²) in [5.74, 6) is -1.35. The van der Waals surface area contributed by atoms with E-state index in [9.17, 15) is 14.4 Å². The number of hydrogen-bond donors (Lipinski definition) is 3. The Labute approximate surface area is 177 Å². The Morgan fingerprint density at radius 1 is 0.933 bits per heavy atom. The van der Waals surface area contributed by atoms with Crippen LogP contribution in [0.15, 0.2) is 18.2 Å². The van der Waals surface area contributed by atoms with Gasteiger partial charge in [-0.1, -0.05) is 6.07 Å². The van der Waals surface area contributed by atoms with Crippen LogP contribution in [0.1, 0.15) is 52.0 Å². The van der Waals surface area contributed by atoms with Crippen molar-refractivity contribution in [3.05, 3.63) is 23.8 Å². The van der Waals surface area contributed by atoms with E-state index in [0.29, 0.717) is 31.5 Å². The number of hydrogen-bond acceptors (Lipinski definition) is 9. The normalized spacial score (nSPS) is 12.2. The summed E-state index contributed by atoms with van der Waals surface area (Å²) < 4.78 is 16.0. The van der Waals surface area contributed by atoms with Crippen LogP contribution in [0.2, 0.25) is 0 Å². The molecule has 0 aliphatic rings. The number of benzene rings is 1. The van der Waals surface area contributed by atoms with E-state index < -0.39 is 29.6 Å². The van der Waals surface area contributed by atoms with Crippen LogP contribution < -0.4 is 26.7 Å². The molecule has 9 heteroatoms. The minimum Gasteiger partial charge on any atom is -0.459 e. The molecule has 1 aromatic carbocycles. The molecule has 0 amide bonds. The van der Waals surface area contributed by atoms with Crippen LogP contribution in [0, 0.1) is 0 Å². The van der Waals surface area contributed by atoms with Gasteiger partial charge in [0, 0.05) is 12.8 Å². The topological polar surface area (TPSA) is 157 Å². The van der Waals surface area contributed by atoms with Crippen molar-refractivity contribution in [1.29, 1.82) is 0 Å². The van der Waals surface area contributed by atoms with Crippen LogP contribution in [0.4, 0.5) is 0 Å². The molecule has 0 aliphatic heterocycles. The monoisotopic (exact) mass is 423 g/mol. The molecule has 0 radical (unpaired) electrons. The quantitative estimate of drug-likeness (QED) is 0.351. The zero-order valence-electron chi connectivity index (χ0n) is 17.9. The highest BCUT2D eigenvalue weighted by atomic mass is 16.6. The van der Waals surface area contributed by atoms with Crippen LogP contribution in [-0.4, -0.2) is 42.6 Å². The number of carbonyl (C=O) groups excluding carboxylic acids is 3. The second-order valence-electron chi connectivity index (χ2n) is 7.86. The van der Waals surface area contributed by atoms with Crippen molar-refractivity contribution >= 4 is 17.9 Å². The van der Waals surface area contributed by atoms with Crippen molar-refractivity contribution < 1.29 is 28.6 Å². The predicted molar refractivity (Wildman–Crippen MR) is 112 cm³/mol. The van der Waals surface area contributed by atoms with Crippen molar-refractivity contribution in [2.24, 2.45) is 17.2 Å². The Bertz CT molecular complexity index is 730. The number of rotatable bonds is 11. The zero-order valence-corrected chi connectivity index (χ0v) is 17.9. The third kappa shape index (κ3) is 9.82. The molecular formula is C21H33N3O6. The fourth-order valence-corrected chi connectivity index (χ4v) is 2.40. The highest BCUT2D eigenvalue weighted by Gasteiger charge is 2.23. The smallest absolute Gasteiger partial charge is 0.323 e. The average Bonchev–Trinajstić information content (AvgIpc) is 2.65. The first-order valence-corrected chi connectivity index (χ1v) is 9.98. The third-order valence-corrected chi connectivity index (χ3v) is 3.79. The summed E-state index contributed by atoms with van der Waals surface area (Å²) in [5, 5.41) is 0. The molecule has 0 saturated carbocycles. The van der Waals surface area contributed by atoms with Crippen molar-refractivity contribution in [1.82, 2.24) is 0 Å². The molecule has 6 N–H and O–H groups in total. The van der Waals surface area contributed by atoms with Gasteiger partial charge in [-0.3, -0.25) is 14.4 Å². The maximum Gasteiger partial charge on any atom is 0.323 e. The van der Waals surface area contributed by atoms with Gasteiger partial charge in [-0.25, -0.2) is 0 Å². The molecule has 0 aliphatic carbocycles. The Hall–Kier alpha value is -2.49. The lowest BCUT2D eigenvalue weighted by Crippen LogP contribution is -2.38. The second-order valence-corrected chi connectivity index (χ2v) is 7.86. The molecule has 1 aromatic rings. The molecule has 0 unspecified atom stereocenters. The maximum atomic E-state index is 12.1. The van der Waals surface area contributed by atoms with Crippen molar-refractivity contribution in [2.45, 2.75) is 64.5 Å². The predicted octanol–water partition coefficient (Wildman–Crippen LogP) is 1.19. The molecule has 0 heterocycles. The molecule has 0 saturated heterocycles. The first-order chi connectivity index (χ1) is 14.1. The standard InChI is InChI=1S/C21H33N3O6/c1-21(2,3)30-20(27)15(24)12-14-8-9-16(28-18(25)6-4-10-22)17(13-14)29-19(26)7-5-11-23/h8-9,13,15H,4-7,10-12,22-24H2,1-3H3/t15-/m0/s1. The average molecular weight is 424 g/mol. The highest BCUT2D eigenvalue weighted by molar-refractivity contribution is 5.77. The molecule has 0 fully saturated rings. The van der Waals surface area contributed by atoms with Gasteiger partial charge >= 0.3 is 17.9 Å². The molecule has 0 bridgehead atoms. The van der Waals surface area contributed by atoms with E-state index in [4.69, 9.17) is 31.4 Å². The number of nitrogens with two attached hydrogens (primary N) is 3. The summed E-state index contributed by atoms with van der Waals surface area (Å²) in [6.45, 7) is 5.97. The van der Waals surface area contributed by atoms with Gasteiger partial charge in [0.25, 0.3) is 0 Å². The Balaban J connectivity index is 2.98.